The molecule has 0 saturated carbocycles. The first kappa shape index (κ1) is 25.2. The SMILES string of the molecule is CCCCCCCCCCN(CCCCCCCCCC)Cc1ccccc1. The maximum absolute atomic E-state index is 2.71. The first-order valence-electron chi connectivity index (χ1n) is 12.6. The van der Waals surface area contributed by atoms with Crippen molar-refractivity contribution in [3.8, 4) is 0 Å². The molecule has 1 heteroatoms. The lowest BCUT2D eigenvalue weighted by Crippen LogP contribution is -2.25. The molecule has 1 nitrogen and oxygen atoms in total. The number of hydrogen-bond donors (Lipinski definition) is 0. The van der Waals surface area contributed by atoms with Gasteiger partial charge in [-0.15, -0.1) is 0 Å². The van der Waals surface area contributed by atoms with Crippen LogP contribution in [0.2, 0.25) is 0 Å². The average Bonchev–Trinajstić information content (AvgIpc) is 2.72. The lowest BCUT2D eigenvalue weighted by atomic mass is 10.1. The van der Waals surface area contributed by atoms with Crippen LogP contribution in [-0.2, 0) is 6.54 Å². The van der Waals surface area contributed by atoms with Crippen LogP contribution >= 0.6 is 0 Å². The molecule has 0 atom stereocenters. The van der Waals surface area contributed by atoms with Gasteiger partial charge in [-0.3, -0.25) is 4.90 Å². The van der Waals surface area contributed by atoms with E-state index in [1.165, 1.54) is 121 Å². The van der Waals surface area contributed by atoms with Crippen molar-refractivity contribution in [2.24, 2.45) is 0 Å². The predicted octanol–water partition coefficient (Wildman–Crippen LogP) is 8.77. The van der Waals surface area contributed by atoms with E-state index < -0.39 is 0 Å². The summed E-state index contributed by atoms with van der Waals surface area (Å²) >= 11 is 0. The second kappa shape index (κ2) is 19.5. The Labute approximate surface area is 177 Å². The van der Waals surface area contributed by atoms with E-state index in [0.29, 0.717) is 0 Å². The van der Waals surface area contributed by atoms with Crippen LogP contribution in [-0.4, -0.2) is 18.0 Å². The Morgan fingerprint density at radius 1 is 0.500 bits per heavy atom. The van der Waals surface area contributed by atoms with Crippen LogP contribution in [0.5, 0.6) is 0 Å². The van der Waals surface area contributed by atoms with Crippen molar-refractivity contribution in [3.63, 3.8) is 0 Å². The van der Waals surface area contributed by atoms with Crippen molar-refractivity contribution in [2.75, 3.05) is 13.1 Å². The molecule has 1 rings (SSSR count). The standard InChI is InChI=1S/C27H49N/c1-3-5-7-9-11-13-15-20-24-28(26-27-22-18-17-19-23-27)25-21-16-14-12-10-8-6-4-2/h17-19,22-23H,3-16,20-21,24-26H2,1-2H3. The second-order valence-corrected chi connectivity index (χ2v) is 8.71. The second-order valence-electron chi connectivity index (χ2n) is 8.71. The molecule has 0 aliphatic rings. The Balaban J connectivity index is 2.17. The van der Waals surface area contributed by atoms with Crippen molar-refractivity contribution >= 4 is 0 Å². The minimum Gasteiger partial charge on any atom is -0.299 e. The van der Waals surface area contributed by atoms with E-state index in [0.717, 1.165) is 6.54 Å². The Hall–Kier alpha value is -0.820. The Morgan fingerprint density at radius 2 is 0.893 bits per heavy atom. The third-order valence-electron chi connectivity index (χ3n) is 5.90. The van der Waals surface area contributed by atoms with Gasteiger partial charge in [-0.2, -0.15) is 0 Å². The maximum Gasteiger partial charge on any atom is 0.0233 e. The Kier molecular flexibility index (Phi) is 17.6. The highest BCUT2D eigenvalue weighted by atomic mass is 15.1. The largest absolute Gasteiger partial charge is 0.299 e. The maximum atomic E-state index is 2.71. The van der Waals surface area contributed by atoms with Gasteiger partial charge >= 0.3 is 0 Å². The normalized spacial score (nSPS) is 11.4. The fraction of sp³-hybridized carbons (Fsp3) is 0.778. The minimum atomic E-state index is 1.13. The zero-order valence-corrected chi connectivity index (χ0v) is 19.3. The highest BCUT2D eigenvalue weighted by molar-refractivity contribution is 5.14. The van der Waals surface area contributed by atoms with E-state index >= 15 is 0 Å². The van der Waals surface area contributed by atoms with Gasteiger partial charge in [-0.05, 0) is 31.5 Å². The van der Waals surface area contributed by atoms with E-state index in [1.807, 2.05) is 0 Å². The average molecular weight is 388 g/mol. The topological polar surface area (TPSA) is 3.24 Å². The van der Waals surface area contributed by atoms with Gasteiger partial charge in [0.05, 0.1) is 0 Å². The summed E-state index contributed by atoms with van der Waals surface area (Å²) in [6.07, 6.45) is 22.6. The van der Waals surface area contributed by atoms with Crippen LogP contribution in [0.15, 0.2) is 30.3 Å². The van der Waals surface area contributed by atoms with Crippen LogP contribution in [0.4, 0.5) is 0 Å². The van der Waals surface area contributed by atoms with E-state index in [2.05, 4.69) is 49.1 Å². The molecule has 0 saturated heterocycles. The van der Waals surface area contributed by atoms with Crippen LogP contribution in [0.25, 0.3) is 0 Å². The zero-order chi connectivity index (χ0) is 20.1. The molecule has 0 heterocycles. The molecule has 0 N–H and O–H groups in total. The van der Waals surface area contributed by atoms with Gasteiger partial charge in [-0.25, -0.2) is 0 Å². The fourth-order valence-corrected chi connectivity index (χ4v) is 4.05. The molecule has 0 aliphatic heterocycles. The zero-order valence-electron chi connectivity index (χ0n) is 19.3. The van der Waals surface area contributed by atoms with E-state index in [1.54, 1.807) is 0 Å². The first-order valence-corrected chi connectivity index (χ1v) is 12.6. The van der Waals surface area contributed by atoms with Crippen molar-refractivity contribution in [2.45, 2.75) is 123 Å². The number of rotatable bonds is 20. The van der Waals surface area contributed by atoms with Gasteiger partial charge in [0.1, 0.15) is 0 Å². The molecule has 0 aromatic heterocycles. The van der Waals surface area contributed by atoms with E-state index in [4.69, 9.17) is 0 Å². The number of benzene rings is 1. The van der Waals surface area contributed by atoms with Gasteiger partial charge in [-0.1, -0.05) is 134 Å². The quantitative estimate of drug-likeness (QED) is 0.202. The summed E-state index contributed by atoms with van der Waals surface area (Å²) in [5, 5.41) is 0. The van der Waals surface area contributed by atoms with Crippen molar-refractivity contribution in [1.82, 2.24) is 4.90 Å². The molecule has 0 fully saturated rings. The molecule has 0 radical (unpaired) electrons. The van der Waals surface area contributed by atoms with Gasteiger partial charge in [0.2, 0.25) is 0 Å². The molecule has 0 unspecified atom stereocenters. The summed E-state index contributed by atoms with van der Waals surface area (Å²) in [7, 11) is 0. The molecule has 0 spiro atoms. The number of nitrogens with zero attached hydrogens (tertiary/aromatic N) is 1. The molecule has 1 aromatic carbocycles. The van der Waals surface area contributed by atoms with Crippen LogP contribution in [0.1, 0.15) is 122 Å². The fourth-order valence-electron chi connectivity index (χ4n) is 4.05. The lowest BCUT2D eigenvalue weighted by Gasteiger charge is -2.22. The molecule has 1 aromatic rings. The molecule has 162 valence electrons. The summed E-state index contributed by atoms with van der Waals surface area (Å²) in [6, 6.07) is 11.1. The molecule has 28 heavy (non-hydrogen) atoms. The van der Waals surface area contributed by atoms with Crippen LogP contribution in [0, 0.1) is 0 Å². The van der Waals surface area contributed by atoms with Crippen LogP contribution < -0.4 is 0 Å². The Bertz CT molecular complexity index is 394. The van der Waals surface area contributed by atoms with E-state index in [-0.39, 0.29) is 0 Å². The van der Waals surface area contributed by atoms with Crippen molar-refractivity contribution < 1.29 is 0 Å². The highest BCUT2D eigenvalue weighted by Gasteiger charge is 2.06. The lowest BCUT2D eigenvalue weighted by molar-refractivity contribution is 0.252. The minimum absolute atomic E-state index is 1.13. The van der Waals surface area contributed by atoms with Crippen LogP contribution in [0.3, 0.4) is 0 Å². The van der Waals surface area contributed by atoms with Gasteiger partial charge in [0.25, 0.3) is 0 Å². The summed E-state index contributed by atoms with van der Waals surface area (Å²) in [4.78, 5) is 2.71. The third kappa shape index (κ3) is 15.1. The van der Waals surface area contributed by atoms with Gasteiger partial charge in [0.15, 0.2) is 0 Å². The smallest absolute Gasteiger partial charge is 0.0233 e. The van der Waals surface area contributed by atoms with E-state index in [9.17, 15) is 0 Å². The van der Waals surface area contributed by atoms with Crippen molar-refractivity contribution in [3.05, 3.63) is 35.9 Å². The number of unbranched alkanes of at least 4 members (excludes halogenated alkanes) is 14. The van der Waals surface area contributed by atoms with Crippen molar-refractivity contribution in [1.29, 1.82) is 0 Å². The molecule has 0 bridgehead atoms. The van der Waals surface area contributed by atoms with Gasteiger partial charge in [0, 0.05) is 6.54 Å². The molecular formula is C27H49N. The predicted molar refractivity (Wildman–Crippen MR) is 127 cm³/mol. The monoisotopic (exact) mass is 387 g/mol. The van der Waals surface area contributed by atoms with Gasteiger partial charge < -0.3 is 0 Å². The summed E-state index contributed by atoms with van der Waals surface area (Å²) in [5.41, 5.74) is 1.47. The summed E-state index contributed by atoms with van der Waals surface area (Å²) in [5.74, 6) is 0. The first-order chi connectivity index (χ1) is 13.9. The number of hydrogen-bond acceptors (Lipinski definition) is 1. The molecular weight excluding hydrogens is 338 g/mol. The summed E-state index contributed by atoms with van der Waals surface area (Å²) in [6.45, 7) is 8.29. The Morgan fingerprint density at radius 3 is 1.32 bits per heavy atom. The third-order valence-corrected chi connectivity index (χ3v) is 5.90. The highest BCUT2D eigenvalue weighted by Crippen LogP contribution is 2.13. The summed E-state index contributed by atoms with van der Waals surface area (Å²) < 4.78 is 0. The molecule has 0 amide bonds. The molecule has 0 aliphatic carbocycles.